The molecule has 0 aromatic heterocycles. The van der Waals surface area contributed by atoms with Crippen LogP contribution in [0, 0.1) is 0 Å². The van der Waals surface area contributed by atoms with E-state index in [1.54, 1.807) is 12.1 Å². The van der Waals surface area contributed by atoms with Gasteiger partial charge in [0.25, 0.3) is 0 Å². The van der Waals surface area contributed by atoms with Gasteiger partial charge in [-0.25, -0.2) is 0 Å². The first kappa shape index (κ1) is 11.6. The summed E-state index contributed by atoms with van der Waals surface area (Å²) in [6, 6.07) is 6.07. The summed E-state index contributed by atoms with van der Waals surface area (Å²) in [5, 5.41) is 19.2. The van der Waals surface area contributed by atoms with Crippen LogP contribution in [0.15, 0.2) is 47.2 Å². The highest BCUT2D eigenvalue weighted by molar-refractivity contribution is 6.39. The van der Waals surface area contributed by atoms with Crippen LogP contribution in [0.5, 0.6) is 0 Å². The number of fused-ring (bicyclic) bond motifs is 1. The molecule has 0 fully saturated rings. The number of ketones is 3. The van der Waals surface area contributed by atoms with E-state index in [4.69, 9.17) is 0 Å². The molecule has 2 aliphatic rings. The SMILES string of the molecule is O=C1C2=C(C(=O)c3ccccc31)C(O)=CC(O)C2=O. The monoisotopic (exact) mass is 256 g/mol. The van der Waals surface area contributed by atoms with Gasteiger partial charge < -0.3 is 10.2 Å². The van der Waals surface area contributed by atoms with E-state index in [1.807, 2.05) is 0 Å². The van der Waals surface area contributed by atoms with Crippen LogP contribution < -0.4 is 0 Å². The summed E-state index contributed by atoms with van der Waals surface area (Å²) < 4.78 is 0. The van der Waals surface area contributed by atoms with Crippen molar-refractivity contribution in [3.8, 4) is 0 Å². The van der Waals surface area contributed by atoms with E-state index >= 15 is 0 Å². The second-order valence-corrected chi connectivity index (χ2v) is 4.31. The smallest absolute Gasteiger partial charge is 0.200 e. The minimum absolute atomic E-state index is 0.113. The second-order valence-electron chi connectivity index (χ2n) is 4.31. The molecule has 0 saturated heterocycles. The van der Waals surface area contributed by atoms with E-state index in [0.29, 0.717) is 0 Å². The molecule has 1 aromatic carbocycles. The first-order valence-electron chi connectivity index (χ1n) is 5.58. The summed E-state index contributed by atoms with van der Waals surface area (Å²) in [6.07, 6.45) is -0.735. The average Bonchev–Trinajstić information content (AvgIpc) is 2.40. The van der Waals surface area contributed by atoms with E-state index in [1.165, 1.54) is 12.1 Å². The second kappa shape index (κ2) is 3.73. The Morgan fingerprint density at radius 2 is 1.42 bits per heavy atom. The van der Waals surface area contributed by atoms with Crippen molar-refractivity contribution in [1.29, 1.82) is 0 Å². The molecule has 5 nitrogen and oxygen atoms in total. The number of hydrogen-bond acceptors (Lipinski definition) is 5. The van der Waals surface area contributed by atoms with Crippen molar-refractivity contribution in [2.45, 2.75) is 6.10 Å². The molecule has 1 aromatic rings. The van der Waals surface area contributed by atoms with Crippen molar-refractivity contribution in [1.82, 2.24) is 0 Å². The summed E-state index contributed by atoms with van der Waals surface area (Å²) in [5.41, 5.74) is -0.493. The molecular formula is C14H8O5. The van der Waals surface area contributed by atoms with Gasteiger partial charge in [-0.2, -0.15) is 0 Å². The molecular weight excluding hydrogens is 248 g/mol. The fourth-order valence-corrected chi connectivity index (χ4v) is 2.31. The van der Waals surface area contributed by atoms with Crippen molar-refractivity contribution in [3.63, 3.8) is 0 Å². The fraction of sp³-hybridized carbons (Fsp3) is 0.0714. The van der Waals surface area contributed by atoms with Crippen LogP contribution in [-0.2, 0) is 4.79 Å². The molecule has 19 heavy (non-hydrogen) atoms. The Morgan fingerprint density at radius 1 is 0.895 bits per heavy atom. The maximum Gasteiger partial charge on any atom is 0.200 e. The Hall–Kier alpha value is -2.53. The summed E-state index contributed by atoms with van der Waals surface area (Å²) in [5.74, 6) is -2.62. The third-order valence-corrected chi connectivity index (χ3v) is 3.21. The Labute approximate surface area is 107 Å². The van der Waals surface area contributed by atoms with Crippen molar-refractivity contribution >= 4 is 17.3 Å². The highest BCUT2D eigenvalue weighted by Gasteiger charge is 2.41. The number of rotatable bonds is 0. The highest BCUT2D eigenvalue weighted by atomic mass is 16.3. The van der Waals surface area contributed by atoms with Crippen LogP contribution >= 0.6 is 0 Å². The summed E-state index contributed by atoms with van der Waals surface area (Å²) >= 11 is 0. The lowest BCUT2D eigenvalue weighted by Crippen LogP contribution is -2.35. The first-order valence-corrected chi connectivity index (χ1v) is 5.58. The highest BCUT2D eigenvalue weighted by Crippen LogP contribution is 2.33. The van der Waals surface area contributed by atoms with Gasteiger partial charge in [-0.05, 0) is 6.08 Å². The number of allylic oxidation sites excluding steroid dienone is 1. The molecule has 0 saturated carbocycles. The maximum atomic E-state index is 12.2. The molecule has 2 N–H and O–H groups in total. The zero-order valence-corrected chi connectivity index (χ0v) is 9.58. The third kappa shape index (κ3) is 1.42. The van der Waals surface area contributed by atoms with Crippen molar-refractivity contribution in [2.24, 2.45) is 0 Å². The predicted molar refractivity (Wildman–Crippen MR) is 63.9 cm³/mol. The molecule has 5 heteroatoms. The number of carbonyl (C=O) groups is 3. The molecule has 0 spiro atoms. The average molecular weight is 256 g/mol. The standard InChI is InChI=1S/C14H8O5/c15-8-5-9(16)14(19)11-10(8)12(17)6-3-1-2-4-7(6)13(11)18/h1-5,9,15-16H. The largest absolute Gasteiger partial charge is 0.507 e. The third-order valence-electron chi connectivity index (χ3n) is 3.21. The van der Waals surface area contributed by atoms with Crippen LogP contribution in [0.3, 0.4) is 0 Å². The van der Waals surface area contributed by atoms with Gasteiger partial charge >= 0.3 is 0 Å². The maximum absolute atomic E-state index is 12.2. The number of hydrogen-bond donors (Lipinski definition) is 2. The van der Waals surface area contributed by atoms with Crippen LogP contribution in [0.2, 0.25) is 0 Å². The molecule has 0 aliphatic heterocycles. The van der Waals surface area contributed by atoms with E-state index in [9.17, 15) is 24.6 Å². The molecule has 1 atom stereocenters. The van der Waals surface area contributed by atoms with E-state index in [2.05, 4.69) is 0 Å². The van der Waals surface area contributed by atoms with Crippen LogP contribution in [0.4, 0.5) is 0 Å². The first-order chi connectivity index (χ1) is 9.02. The van der Waals surface area contributed by atoms with E-state index in [-0.39, 0.29) is 16.7 Å². The van der Waals surface area contributed by atoms with Gasteiger partial charge in [-0.1, -0.05) is 24.3 Å². The van der Waals surface area contributed by atoms with Gasteiger partial charge in [0.15, 0.2) is 17.3 Å². The van der Waals surface area contributed by atoms with Crippen LogP contribution in [0.1, 0.15) is 20.7 Å². The van der Waals surface area contributed by atoms with Crippen molar-refractivity contribution < 1.29 is 24.6 Å². The molecule has 3 rings (SSSR count). The lowest BCUT2D eigenvalue weighted by atomic mass is 9.78. The molecule has 1 unspecified atom stereocenters. The number of aliphatic hydroxyl groups is 2. The Bertz CT molecular complexity index is 708. The Balaban J connectivity index is 2.32. The molecule has 0 bridgehead atoms. The molecule has 0 amide bonds. The predicted octanol–water partition coefficient (Wildman–Crippen LogP) is 0.748. The number of Topliss-reactive ketones (excluding diaryl/α,β-unsaturated/α-hetero) is 3. The zero-order chi connectivity index (χ0) is 13.7. The summed E-state index contributed by atoms with van der Waals surface area (Å²) in [6.45, 7) is 0. The fourth-order valence-electron chi connectivity index (χ4n) is 2.31. The Morgan fingerprint density at radius 3 is 2.00 bits per heavy atom. The van der Waals surface area contributed by atoms with E-state index in [0.717, 1.165) is 6.08 Å². The van der Waals surface area contributed by atoms with Gasteiger partial charge in [-0.15, -0.1) is 0 Å². The lowest BCUT2D eigenvalue weighted by Gasteiger charge is -2.24. The topological polar surface area (TPSA) is 91.7 Å². The lowest BCUT2D eigenvalue weighted by molar-refractivity contribution is -0.121. The molecule has 94 valence electrons. The van der Waals surface area contributed by atoms with Gasteiger partial charge in [0.2, 0.25) is 0 Å². The Kier molecular flexibility index (Phi) is 2.27. The molecule has 0 radical (unpaired) electrons. The van der Waals surface area contributed by atoms with E-state index < -0.39 is 34.8 Å². The van der Waals surface area contributed by atoms with Gasteiger partial charge in [-0.3, -0.25) is 14.4 Å². The van der Waals surface area contributed by atoms with Crippen LogP contribution in [0.25, 0.3) is 0 Å². The quantitative estimate of drug-likeness (QED) is 0.668. The van der Waals surface area contributed by atoms with Crippen molar-refractivity contribution in [2.75, 3.05) is 0 Å². The minimum atomic E-state index is -1.60. The van der Waals surface area contributed by atoms with Crippen molar-refractivity contribution in [3.05, 3.63) is 58.4 Å². The zero-order valence-electron chi connectivity index (χ0n) is 9.58. The summed E-state index contributed by atoms with van der Waals surface area (Å²) in [7, 11) is 0. The number of aliphatic hydroxyl groups excluding tert-OH is 2. The van der Waals surface area contributed by atoms with Gasteiger partial charge in [0.1, 0.15) is 11.9 Å². The minimum Gasteiger partial charge on any atom is -0.507 e. The van der Waals surface area contributed by atoms with Crippen LogP contribution in [-0.4, -0.2) is 33.7 Å². The number of benzene rings is 1. The number of carbonyl (C=O) groups excluding carboxylic acids is 3. The normalized spacial score (nSPS) is 22.1. The van der Waals surface area contributed by atoms with Gasteiger partial charge in [0, 0.05) is 11.1 Å². The molecule has 0 heterocycles. The van der Waals surface area contributed by atoms with Gasteiger partial charge in [0.05, 0.1) is 11.1 Å². The summed E-state index contributed by atoms with van der Waals surface area (Å²) in [4.78, 5) is 36.3. The molecule has 2 aliphatic carbocycles.